The van der Waals surface area contributed by atoms with Crippen molar-refractivity contribution in [2.24, 2.45) is 0 Å². The first-order chi connectivity index (χ1) is 6.72. The third-order valence-corrected chi connectivity index (χ3v) is 2.50. The first kappa shape index (κ1) is 11.9. The molecular weight excluding hydrogens is 182 g/mol. The minimum absolute atomic E-state index is 0.105. The highest BCUT2D eigenvalue weighted by molar-refractivity contribution is 4.73. The van der Waals surface area contributed by atoms with Gasteiger partial charge in [0.2, 0.25) is 0 Å². The largest absolute Gasteiger partial charge is 0.394 e. The van der Waals surface area contributed by atoms with Crippen LogP contribution in [0.25, 0.3) is 0 Å². The van der Waals surface area contributed by atoms with E-state index in [1.165, 1.54) is 0 Å². The molecule has 0 aromatic rings. The molecule has 1 unspecified atom stereocenters. The second-order valence-electron chi connectivity index (χ2n) is 3.94. The van der Waals surface area contributed by atoms with Crippen molar-refractivity contribution in [3.8, 4) is 0 Å². The van der Waals surface area contributed by atoms with E-state index < -0.39 is 0 Å². The zero-order valence-corrected chi connectivity index (χ0v) is 8.85. The molecule has 1 fully saturated rings. The van der Waals surface area contributed by atoms with Crippen LogP contribution in [0.3, 0.4) is 0 Å². The molecule has 84 valence electrons. The minimum Gasteiger partial charge on any atom is -0.394 e. The predicted molar refractivity (Wildman–Crippen MR) is 54.2 cm³/mol. The summed E-state index contributed by atoms with van der Waals surface area (Å²) in [4.78, 5) is 2.25. The van der Waals surface area contributed by atoms with E-state index in [9.17, 15) is 5.11 Å². The van der Waals surface area contributed by atoms with Crippen LogP contribution in [0.15, 0.2) is 0 Å². The Kier molecular flexibility index (Phi) is 5.40. The average Bonchev–Trinajstić information content (AvgIpc) is 2.16. The summed E-state index contributed by atoms with van der Waals surface area (Å²) >= 11 is 0. The summed E-state index contributed by atoms with van der Waals surface area (Å²) in [6.07, 6.45) is 2.07. The molecule has 14 heavy (non-hydrogen) atoms. The molecule has 0 amide bonds. The van der Waals surface area contributed by atoms with Crippen molar-refractivity contribution < 1.29 is 14.9 Å². The number of ether oxygens (including phenoxy) is 1. The molecule has 0 radical (unpaired) electrons. The molecule has 4 nitrogen and oxygen atoms in total. The van der Waals surface area contributed by atoms with Gasteiger partial charge in [0, 0.05) is 19.6 Å². The van der Waals surface area contributed by atoms with Gasteiger partial charge in [0.1, 0.15) is 0 Å². The van der Waals surface area contributed by atoms with Gasteiger partial charge in [0.15, 0.2) is 0 Å². The van der Waals surface area contributed by atoms with Gasteiger partial charge in [-0.1, -0.05) is 0 Å². The van der Waals surface area contributed by atoms with Crippen molar-refractivity contribution in [1.29, 1.82) is 0 Å². The molecular formula is C10H21NO3. The summed E-state index contributed by atoms with van der Waals surface area (Å²) in [6.45, 7) is 5.10. The lowest BCUT2D eigenvalue weighted by atomic mass is 10.1. The second kappa shape index (κ2) is 6.35. The molecule has 1 atom stereocenters. The highest BCUT2D eigenvalue weighted by atomic mass is 16.5. The Morgan fingerprint density at radius 2 is 2.07 bits per heavy atom. The number of rotatable bonds is 5. The van der Waals surface area contributed by atoms with Crippen LogP contribution in [0.5, 0.6) is 0 Å². The fourth-order valence-electron chi connectivity index (χ4n) is 1.85. The van der Waals surface area contributed by atoms with Gasteiger partial charge in [-0.15, -0.1) is 0 Å². The molecule has 0 aromatic heterocycles. The Balaban J connectivity index is 2.11. The third kappa shape index (κ3) is 4.37. The molecule has 0 spiro atoms. The van der Waals surface area contributed by atoms with Gasteiger partial charge >= 0.3 is 0 Å². The molecule has 0 saturated carbocycles. The third-order valence-electron chi connectivity index (χ3n) is 2.50. The smallest absolute Gasteiger partial charge is 0.0701 e. The van der Waals surface area contributed by atoms with Crippen LogP contribution in [0.2, 0.25) is 0 Å². The van der Waals surface area contributed by atoms with Crippen molar-refractivity contribution in [3.05, 3.63) is 0 Å². The number of aliphatic hydroxyl groups is 2. The monoisotopic (exact) mass is 203 g/mol. The van der Waals surface area contributed by atoms with E-state index in [2.05, 4.69) is 4.90 Å². The van der Waals surface area contributed by atoms with Gasteiger partial charge in [0.25, 0.3) is 0 Å². The molecule has 1 rings (SSSR count). The lowest BCUT2D eigenvalue weighted by molar-refractivity contribution is -0.0136. The Morgan fingerprint density at radius 3 is 2.57 bits per heavy atom. The normalized spacial score (nSPS) is 22.5. The molecule has 4 heteroatoms. The van der Waals surface area contributed by atoms with Gasteiger partial charge in [-0.25, -0.2) is 0 Å². The Labute approximate surface area is 85.5 Å². The van der Waals surface area contributed by atoms with E-state index in [0.29, 0.717) is 12.7 Å². The van der Waals surface area contributed by atoms with E-state index in [1.54, 1.807) is 0 Å². The number of β-amino-alcohol motifs (C(OH)–C–C–N with tert-alkyl or cyclic N) is 1. The Morgan fingerprint density at radius 1 is 1.43 bits per heavy atom. The molecule has 0 aromatic carbocycles. The van der Waals surface area contributed by atoms with Crippen molar-refractivity contribution in [3.63, 3.8) is 0 Å². The van der Waals surface area contributed by atoms with Gasteiger partial charge < -0.3 is 19.8 Å². The molecule has 0 bridgehead atoms. The summed E-state index contributed by atoms with van der Waals surface area (Å²) in [6, 6.07) is 0. The molecule has 0 aliphatic carbocycles. The topological polar surface area (TPSA) is 52.9 Å². The van der Waals surface area contributed by atoms with Gasteiger partial charge in [-0.2, -0.15) is 0 Å². The zero-order chi connectivity index (χ0) is 10.4. The Hall–Kier alpha value is -0.160. The fraction of sp³-hybridized carbons (Fsp3) is 1.00. The standard InChI is InChI=1S/C10H21NO3/c1-9(13)8-11-4-2-10(3-5-11)14-7-6-12/h9-10,12-13H,2-8H2,1H3. The van der Waals surface area contributed by atoms with E-state index in [4.69, 9.17) is 9.84 Å². The number of nitrogens with zero attached hydrogens (tertiary/aromatic N) is 1. The summed E-state index contributed by atoms with van der Waals surface area (Å²) < 4.78 is 5.45. The summed E-state index contributed by atoms with van der Waals surface area (Å²) in [5, 5.41) is 17.8. The van der Waals surface area contributed by atoms with E-state index in [0.717, 1.165) is 32.5 Å². The number of piperidine rings is 1. The number of hydrogen-bond acceptors (Lipinski definition) is 4. The lowest BCUT2D eigenvalue weighted by Gasteiger charge is -2.32. The summed E-state index contributed by atoms with van der Waals surface area (Å²) in [5.74, 6) is 0. The second-order valence-corrected chi connectivity index (χ2v) is 3.94. The van der Waals surface area contributed by atoms with Gasteiger partial charge in [-0.05, 0) is 19.8 Å². The minimum atomic E-state index is -0.245. The molecule has 1 aliphatic rings. The van der Waals surface area contributed by atoms with E-state index >= 15 is 0 Å². The maximum Gasteiger partial charge on any atom is 0.0701 e. The highest BCUT2D eigenvalue weighted by Gasteiger charge is 2.19. The molecule has 1 aliphatic heterocycles. The summed E-state index contributed by atoms with van der Waals surface area (Å²) in [7, 11) is 0. The lowest BCUT2D eigenvalue weighted by Crippen LogP contribution is -2.40. The van der Waals surface area contributed by atoms with Crippen LogP contribution in [0.4, 0.5) is 0 Å². The maximum atomic E-state index is 9.21. The van der Waals surface area contributed by atoms with E-state index in [-0.39, 0.29) is 12.7 Å². The van der Waals surface area contributed by atoms with Crippen molar-refractivity contribution in [1.82, 2.24) is 4.90 Å². The predicted octanol–water partition coefficient (Wildman–Crippen LogP) is -0.160. The van der Waals surface area contributed by atoms with E-state index in [1.807, 2.05) is 6.92 Å². The highest BCUT2D eigenvalue weighted by Crippen LogP contribution is 2.13. The van der Waals surface area contributed by atoms with Crippen LogP contribution < -0.4 is 0 Å². The molecule has 1 saturated heterocycles. The van der Waals surface area contributed by atoms with Gasteiger partial charge in [-0.3, -0.25) is 0 Å². The number of aliphatic hydroxyl groups excluding tert-OH is 2. The van der Waals surface area contributed by atoms with Crippen molar-refractivity contribution in [2.45, 2.75) is 32.0 Å². The summed E-state index contributed by atoms with van der Waals surface area (Å²) in [5.41, 5.74) is 0. The van der Waals surface area contributed by atoms with Crippen LogP contribution in [-0.2, 0) is 4.74 Å². The van der Waals surface area contributed by atoms with Crippen LogP contribution in [-0.4, -0.2) is 60.2 Å². The molecule has 1 heterocycles. The van der Waals surface area contributed by atoms with Crippen LogP contribution in [0, 0.1) is 0 Å². The number of likely N-dealkylation sites (tertiary alicyclic amines) is 1. The van der Waals surface area contributed by atoms with Crippen LogP contribution >= 0.6 is 0 Å². The number of hydrogen-bond donors (Lipinski definition) is 2. The van der Waals surface area contributed by atoms with Crippen LogP contribution in [0.1, 0.15) is 19.8 Å². The average molecular weight is 203 g/mol. The fourth-order valence-corrected chi connectivity index (χ4v) is 1.85. The Bertz CT molecular complexity index is 144. The maximum absolute atomic E-state index is 9.21. The van der Waals surface area contributed by atoms with Crippen molar-refractivity contribution in [2.75, 3.05) is 32.8 Å². The zero-order valence-electron chi connectivity index (χ0n) is 8.85. The molecule has 2 N–H and O–H groups in total. The first-order valence-electron chi connectivity index (χ1n) is 5.35. The van der Waals surface area contributed by atoms with Crippen molar-refractivity contribution >= 4 is 0 Å². The first-order valence-corrected chi connectivity index (χ1v) is 5.35. The van der Waals surface area contributed by atoms with Gasteiger partial charge in [0.05, 0.1) is 25.4 Å². The SMILES string of the molecule is CC(O)CN1CCC(OCCO)CC1. The quantitative estimate of drug-likeness (QED) is 0.652.